The molecule has 0 heterocycles. The first-order chi connectivity index (χ1) is 5.33. The van der Waals surface area contributed by atoms with E-state index in [1.54, 1.807) is 14.0 Å². The molecule has 1 atom stereocenters. The first-order valence-corrected chi connectivity index (χ1v) is 5.89. The molecular weight excluding hydrogens is 174 g/mol. The van der Waals surface area contributed by atoms with Gasteiger partial charge in [0.25, 0.3) is 0 Å². The highest BCUT2D eigenvalue weighted by atomic mass is 32.2. The van der Waals surface area contributed by atoms with Crippen molar-refractivity contribution in [3.63, 3.8) is 0 Å². The summed E-state index contributed by atoms with van der Waals surface area (Å²) in [6.45, 7) is 7.63. The van der Waals surface area contributed by atoms with Crippen molar-refractivity contribution in [2.45, 2.75) is 33.7 Å². The molecule has 0 spiro atoms. The Labute approximate surface area is 75.8 Å². The summed E-state index contributed by atoms with van der Waals surface area (Å²) in [6.07, 6.45) is 0. The van der Waals surface area contributed by atoms with Gasteiger partial charge in [-0.15, -0.1) is 0 Å². The van der Waals surface area contributed by atoms with Gasteiger partial charge in [0, 0.05) is 13.1 Å². The molecule has 3 nitrogen and oxygen atoms in total. The molecule has 0 saturated heterocycles. The predicted octanol–water partition coefficient (Wildman–Crippen LogP) is 1.31. The van der Waals surface area contributed by atoms with Crippen LogP contribution in [-0.4, -0.2) is 31.6 Å². The fraction of sp³-hybridized carbons (Fsp3) is 1.00. The van der Waals surface area contributed by atoms with Gasteiger partial charge in [-0.1, -0.05) is 13.8 Å². The topological polar surface area (TPSA) is 37.4 Å². The Hall–Kier alpha value is -0.0900. The third-order valence-corrected chi connectivity index (χ3v) is 4.28. The van der Waals surface area contributed by atoms with Crippen molar-refractivity contribution in [3.05, 3.63) is 0 Å². The maximum atomic E-state index is 11.4. The predicted molar refractivity (Wildman–Crippen MR) is 51.5 cm³/mol. The van der Waals surface area contributed by atoms with Crippen LogP contribution in [0.3, 0.4) is 0 Å². The minimum absolute atomic E-state index is 0.0787. The van der Waals surface area contributed by atoms with Gasteiger partial charge in [0.15, 0.2) is 0 Å². The van der Waals surface area contributed by atoms with Crippen LogP contribution in [0.5, 0.6) is 0 Å². The molecule has 0 N–H and O–H groups in total. The van der Waals surface area contributed by atoms with Gasteiger partial charge in [-0.05, 0) is 19.8 Å². The third-order valence-electron chi connectivity index (χ3n) is 2.34. The lowest BCUT2D eigenvalue weighted by molar-refractivity contribution is 0.316. The van der Waals surface area contributed by atoms with Crippen LogP contribution in [0.1, 0.15) is 27.7 Å². The molecule has 0 aromatic carbocycles. The van der Waals surface area contributed by atoms with Crippen LogP contribution in [0.4, 0.5) is 0 Å². The molecule has 0 aromatic heterocycles. The minimum atomic E-state index is -3.01. The summed E-state index contributed by atoms with van der Waals surface area (Å²) in [5.74, 6) is 0.539. The maximum absolute atomic E-state index is 11.4. The zero-order valence-corrected chi connectivity index (χ0v) is 9.35. The molecule has 0 aliphatic heterocycles. The molecule has 74 valence electrons. The van der Waals surface area contributed by atoms with Crippen molar-refractivity contribution < 1.29 is 8.42 Å². The Morgan fingerprint density at radius 1 is 1.25 bits per heavy atom. The van der Waals surface area contributed by atoms with E-state index in [9.17, 15) is 8.42 Å². The number of nitrogens with zero attached hydrogens (tertiary/aromatic N) is 1. The molecule has 0 radical (unpaired) electrons. The van der Waals surface area contributed by atoms with Crippen molar-refractivity contribution >= 4 is 10.0 Å². The fourth-order valence-corrected chi connectivity index (χ4v) is 2.03. The van der Waals surface area contributed by atoms with E-state index in [4.69, 9.17) is 0 Å². The van der Waals surface area contributed by atoms with E-state index in [2.05, 4.69) is 0 Å². The lowest BCUT2D eigenvalue weighted by Gasteiger charge is -2.26. The highest BCUT2D eigenvalue weighted by Crippen LogP contribution is 2.12. The van der Waals surface area contributed by atoms with Gasteiger partial charge < -0.3 is 0 Å². The van der Waals surface area contributed by atoms with Gasteiger partial charge in [0.05, 0.1) is 5.75 Å². The molecule has 0 amide bonds. The summed E-state index contributed by atoms with van der Waals surface area (Å²) in [7, 11) is -1.37. The summed E-state index contributed by atoms with van der Waals surface area (Å²) < 4.78 is 24.2. The van der Waals surface area contributed by atoms with E-state index in [0.29, 0.717) is 5.92 Å². The average Bonchev–Trinajstić information content (AvgIpc) is 2.01. The second-order valence-corrected chi connectivity index (χ2v) is 5.72. The summed E-state index contributed by atoms with van der Waals surface area (Å²) in [4.78, 5) is 0. The fourth-order valence-electron chi connectivity index (χ4n) is 0.877. The molecule has 0 aliphatic rings. The van der Waals surface area contributed by atoms with E-state index in [1.165, 1.54) is 4.31 Å². The lowest BCUT2D eigenvalue weighted by atomic mass is 10.1. The minimum Gasteiger partial charge on any atom is -0.212 e. The maximum Gasteiger partial charge on any atom is 0.213 e. The molecule has 12 heavy (non-hydrogen) atoms. The van der Waals surface area contributed by atoms with Crippen molar-refractivity contribution in [2.24, 2.45) is 5.92 Å². The summed E-state index contributed by atoms with van der Waals surface area (Å²) in [6, 6.07) is 0.0787. The smallest absolute Gasteiger partial charge is 0.212 e. The Kier molecular flexibility index (Phi) is 4.20. The summed E-state index contributed by atoms with van der Waals surface area (Å²) in [5, 5.41) is 0. The molecule has 1 unspecified atom stereocenters. The quantitative estimate of drug-likeness (QED) is 0.675. The number of sulfonamides is 1. The van der Waals surface area contributed by atoms with Crippen LogP contribution >= 0.6 is 0 Å². The highest BCUT2D eigenvalue weighted by Gasteiger charge is 2.22. The Morgan fingerprint density at radius 2 is 1.67 bits per heavy atom. The Morgan fingerprint density at radius 3 is 1.92 bits per heavy atom. The Balaban J connectivity index is 4.50. The largest absolute Gasteiger partial charge is 0.213 e. The van der Waals surface area contributed by atoms with Gasteiger partial charge in [-0.2, -0.15) is 0 Å². The van der Waals surface area contributed by atoms with Gasteiger partial charge in [0.1, 0.15) is 0 Å². The third kappa shape index (κ3) is 2.75. The number of hydrogen-bond acceptors (Lipinski definition) is 2. The second-order valence-electron chi connectivity index (χ2n) is 3.40. The summed E-state index contributed by atoms with van der Waals surface area (Å²) >= 11 is 0. The molecule has 0 saturated carbocycles. The standard InChI is InChI=1S/C8H19NO2S/c1-6-12(10,11)9(5)8(4)7(2)3/h7-8H,6H2,1-5H3. The van der Waals surface area contributed by atoms with Crippen molar-refractivity contribution in [1.82, 2.24) is 4.31 Å². The van der Waals surface area contributed by atoms with Crippen molar-refractivity contribution in [1.29, 1.82) is 0 Å². The van der Waals surface area contributed by atoms with E-state index < -0.39 is 10.0 Å². The normalized spacial score (nSPS) is 15.6. The first kappa shape index (κ1) is 11.9. The molecule has 0 aliphatic carbocycles. The van der Waals surface area contributed by atoms with E-state index in [-0.39, 0.29) is 11.8 Å². The van der Waals surface area contributed by atoms with Crippen LogP contribution in [0.25, 0.3) is 0 Å². The molecule has 0 aromatic rings. The molecule has 0 rings (SSSR count). The average molecular weight is 193 g/mol. The van der Waals surface area contributed by atoms with Crippen LogP contribution in [-0.2, 0) is 10.0 Å². The van der Waals surface area contributed by atoms with Crippen LogP contribution in [0, 0.1) is 5.92 Å². The van der Waals surface area contributed by atoms with Crippen molar-refractivity contribution in [2.75, 3.05) is 12.8 Å². The van der Waals surface area contributed by atoms with Gasteiger partial charge >= 0.3 is 0 Å². The number of hydrogen-bond donors (Lipinski definition) is 0. The molecule has 0 bridgehead atoms. The lowest BCUT2D eigenvalue weighted by Crippen LogP contribution is -2.39. The van der Waals surface area contributed by atoms with Gasteiger partial charge in [-0.25, -0.2) is 12.7 Å². The molecular formula is C8H19NO2S. The van der Waals surface area contributed by atoms with Crippen molar-refractivity contribution in [3.8, 4) is 0 Å². The SMILES string of the molecule is CCS(=O)(=O)N(C)C(C)C(C)C. The zero-order chi connectivity index (χ0) is 9.94. The van der Waals surface area contributed by atoms with Gasteiger partial charge in [-0.3, -0.25) is 0 Å². The van der Waals surface area contributed by atoms with E-state index in [0.717, 1.165) is 0 Å². The van der Waals surface area contributed by atoms with Gasteiger partial charge in [0.2, 0.25) is 10.0 Å². The zero-order valence-electron chi connectivity index (χ0n) is 8.53. The monoisotopic (exact) mass is 193 g/mol. The van der Waals surface area contributed by atoms with Crippen LogP contribution in [0.15, 0.2) is 0 Å². The van der Waals surface area contributed by atoms with Crippen LogP contribution < -0.4 is 0 Å². The van der Waals surface area contributed by atoms with Crippen LogP contribution in [0.2, 0.25) is 0 Å². The second kappa shape index (κ2) is 4.23. The summed E-state index contributed by atoms with van der Waals surface area (Å²) in [5.41, 5.74) is 0. The Bertz CT molecular complexity index is 221. The molecule has 4 heteroatoms. The number of rotatable bonds is 4. The highest BCUT2D eigenvalue weighted by molar-refractivity contribution is 7.89. The van der Waals surface area contributed by atoms with E-state index in [1.807, 2.05) is 20.8 Å². The first-order valence-electron chi connectivity index (χ1n) is 4.28. The molecule has 0 fully saturated rings. The van der Waals surface area contributed by atoms with E-state index >= 15 is 0 Å².